The Morgan fingerprint density at radius 2 is 1.80 bits per heavy atom. The summed E-state index contributed by atoms with van der Waals surface area (Å²) in [5.41, 5.74) is 2.15. The average molecular weight is 407 g/mol. The van der Waals surface area contributed by atoms with Crippen molar-refractivity contribution in [2.75, 3.05) is 19.6 Å². The maximum Gasteiger partial charge on any atom is 0.316 e. The van der Waals surface area contributed by atoms with Crippen LogP contribution in [0, 0.1) is 17.2 Å². The van der Waals surface area contributed by atoms with Crippen LogP contribution in [0.1, 0.15) is 47.7 Å². The summed E-state index contributed by atoms with van der Waals surface area (Å²) in [5, 5.41) is 18.9. The number of aliphatic hydroxyl groups is 1. The lowest BCUT2D eigenvalue weighted by Crippen LogP contribution is -2.60. The van der Waals surface area contributed by atoms with Gasteiger partial charge in [0.1, 0.15) is 0 Å². The van der Waals surface area contributed by atoms with E-state index in [9.17, 15) is 14.7 Å². The van der Waals surface area contributed by atoms with Gasteiger partial charge in [0, 0.05) is 43.6 Å². The molecule has 30 heavy (non-hydrogen) atoms. The summed E-state index contributed by atoms with van der Waals surface area (Å²) in [5.74, 6) is -0.441. The molecule has 1 aromatic heterocycles. The Morgan fingerprint density at radius 3 is 2.40 bits per heavy atom. The van der Waals surface area contributed by atoms with Crippen LogP contribution in [0.5, 0.6) is 0 Å². The molecular formula is C24H28N3O3+. The summed E-state index contributed by atoms with van der Waals surface area (Å²) in [4.78, 5) is 30.2. The molecule has 1 atom stereocenters. The highest BCUT2D eigenvalue weighted by molar-refractivity contribution is 5.98. The molecule has 1 amide bonds. The molecule has 6 nitrogen and oxygen atoms in total. The van der Waals surface area contributed by atoms with Gasteiger partial charge in [-0.15, -0.1) is 0 Å². The molecule has 2 aromatic rings. The number of hydrogen-bond acceptors (Lipinski definition) is 5. The fourth-order valence-electron chi connectivity index (χ4n) is 4.18. The van der Waals surface area contributed by atoms with E-state index >= 15 is 0 Å². The molecule has 0 saturated carbocycles. The molecule has 0 bridgehead atoms. The van der Waals surface area contributed by atoms with Gasteiger partial charge in [-0.05, 0) is 36.8 Å². The first-order valence-corrected chi connectivity index (χ1v) is 10.4. The van der Waals surface area contributed by atoms with Gasteiger partial charge in [-0.3, -0.25) is 14.3 Å². The summed E-state index contributed by atoms with van der Waals surface area (Å²) in [6.45, 7) is 3.67. The zero-order chi connectivity index (χ0) is 21.6. The number of amides is 1. The number of rotatable bonds is 7. The molecule has 0 unspecified atom stereocenters. The maximum absolute atomic E-state index is 13.5. The van der Waals surface area contributed by atoms with Gasteiger partial charge in [0.05, 0.1) is 43.3 Å². The van der Waals surface area contributed by atoms with E-state index in [-0.39, 0.29) is 24.2 Å². The molecule has 1 fully saturated rings. The zero-order valence-corrected chi connectivity index (χ0v) is 17.3. The van der Waals surface area contributed by atoms with E-state index in [2.05, 4.69) is 4.98 Å². The standard InChI is InChI=1S/C24H28N3O3/c1-18(16-23(29)21-4-2-20(17-25)3-5-21)24(30)27(14-9-22(28)10-15-27)13-8-19-6-11-26-12-7-19/h2-7,11-12,18,22,28H,8-10,13-16H2,1H3/q+1/t18-,22?,27?/m0/s1. The molecule has 1 N–H and O–H groups in total. The topological polar surface area (TPSA) is 91.0 Å². The Kier molecular flexibility index (Phi) is 7.09. The number of aromatic nitrogens is 1. The molecule has 2 heterocycles. The molecule has 0 spiro atoms. The number of carbonyl (C=O) groups is 2. The number of quaternary nitrogens is 1. The van der Waals surface area contributed by atoms with Crippen LogP contribution in [0.2, 0.25) is 0 Å². The number of piperidine rings is 1. The van der Waals surface area contributed by atoms with Crippen molar-refractivity contribution in [1.29, 1.82) is 5.26 Å². The van der Waals surface area contributed by atoms with Crippen LogP contribution in [-0.4, -0.2) is 52.0 Å². The summed E-state index contributed by atoms with van der Waals surface area (Å²) < 4.78 is 0.307. The van der Waals surface area contributed by atoms with Gasteiger partial charge in [-0.25, -0.2) is 4.79 Å². The summed E-state index contributed by atoms with van der Waals surface area (Å²) in [6, 6.07) is 12.5. The van der Waals surface area contributed by atoms with E-state index in [1.54, 1.807) is 36.7 Å². The van der Waals surface area contributed by atoms with Crippen LogP contribution in [-0.2, 0) is 11.2 Å². The third-order valence-corrected chi connectivity index (χ3v) is 6.08. The molecule has 3 rings (SSSR count). The van der Waals surface area contributed by atoms with Crippen molar-refractivity contribution in [2.45, 2.75) is 38.7 Å². The number of nitrogens with zero attached hydrogens (tertiary/aromatic N) is 3. The second kappa shape index (κ2) is 9.75. The fourth-order valence-corrected chi connectivity index (χ4v) is 4.18. The minimum absolute atomic E-state index is 0.0675. The van der Waals surface area contributed by atoms with E-state index in [0.29, 0.717) is 48.1 Å². The second-order valence-electron chi connectivity index (χ2n) is 8.21. The monoisotopic (exact) mass is 406 g/mol. The van der Waals surface area contributed by atoms with E-state index < -0.39 is 5.92 Å². The number of benzene rings is 1. The summed E-state index contributed by atoms with van der Waals surface area (Å²) >= 11 is 0. The largest absolute Gasteiger partial charge is 0.393 e. The molecule has 1 saturated heterocycles. The Bertz CT molecular complexity index is 911. The Balaban J connectivity index is 1.71. The number of pyridine rings is 1. The molecule has 0 radical (unpaired) electrons. The minimum Gasteiger partial charge on any atom is -0.393 e. The Morgan fingerprint density at radius 1 is 1.17 bits per heavy atom. The van der Waals surface area contributed by atoms with Gasteiger partial charge in [0.25, 0.3) is 0 Å². The average Bonchev–Trinajstić information content (AvgIpc) is 2.79. The van der Waals surface area contributed by atoms with Gasteiger partial charge in [0.15, 0.2) is 5.78 Å². The summed E-state index contributed by atoms with van der Waals surface area (Å²) in [6.07, 6.45) is 5.22. The lowest BCUT2D eigenvalue weighted by molar-refractivity contribution is -0.862. The van der Waals surface area contributed by atoms with E-state index in [1.807, 2.05) is 25.1 Å². The van der Waals surface area contributed by atoms with Crippen molar-refractivity contribution in [3.05, 3.63) is 65.5 Å². The molecule has 156 valence electrons. The molecule has 1 aromatic carbocycles. The third-order valence-electron chi connectivity index (χ3n) is 6.08. The van der Waals surface area contributed by atoms with Crippen molar-refractivity contribution in [3.8, 4) is 6.07 Å². The van der Waals surface area contributed by atoms with Crippen molar-refractivity contribution in [1.82, 2.24) is 4.98 Å². The number of likely N-dealkylation sites (tertiary alicyclic amines) is 1. The fraction of sp³-hybridized carbons (Fsp3) is 0.417. The second-order valence-corrected chi connectivity index (χ2v) is 8.21. The van der Waals surface area contributed by atoms with Crippen molar-refractivity contribution in [3.63, 3.8) is 0 Å². The van der Waals surface area contributed by atoms with E-state index in [4.69, 9.17) is 5.26 Å². The molecule has 0 aliphatic carbocycles. The first kappa shape index (κ1) is 21.8. The smallest absolute Gasteiger partial charge is 0.316 e. The predicted octanol–water partition coefficient (Wildman–Crippen LogP) is 2.90. The van der Waals surface area contributed by atoms with Crippen LogP contribution in [0.4, 0.5) is 0 Å². The number of Topliss-reactive ketones (excluding diaryl/α,β-unsaturated/α-hetero) is 1. The quantitative estimate of drug-likeness (QED) is 0.564. The number of carbonyl (C=O) groups excluding carboxylic acids is 2. The zero-order valence-electron chi connectivity index (χ0n) is 17.3. The number of aliphatic hydroxyl groups excluding tert-OH is 1. The van der Waals surface area contributed by atoms with Gasteiger partial charge >= 0.3 is 5.91 Å². The Hall–Kier alpha value is -2.88. The van der Waals surface area contributed by atoms with Crippen LogP contribution >= 0.6 is 0 Å². The highest BCUT2D eigenvalue weighted by Gasteiger charge is 2.42. The van der Waals surface area contributed by atoms with Gasteiger partial charge in [-0.1, -0.05) is 12.1 Å². The summed E-state index contributed by atoms with van der Waals surface area (Å²) in [7, 11) is 0. The maximum atomic E-state index is 13.5. The van der Waals surface area contributed by atoms with Crippen LogP contribution in [0.3, 0.4) is 0 Å². The Labute approximate surface area is 177 Å². The van der Waals surface area contributed by atoms with Crippen LogP contribution in [0.25, 0.3) is 0 Å². The van der Waals surface area contributed by atoms with Crippen LogP contribution in [0.15, 0.2) is 48.8 Å². The van der Waals surface area contributed by atoms with Crippen molar-refractivity contribution < 1.29 is 19.2 Å². The SMILES string of the molecule is C[C@@H](CC(=O)c1ccc(C#N)cc1)C(=O)[N+]1(CCc2ccncc2)CCC(O)CC1. The highest BCUT2D eigenvalue weighted by Crippen LogP contribution is 2.26. The number of ketones is 1. The lowest BCUT2D eigenvalue weighted by Gasteiger charge is -2.41. The van der Waals surface area contributed by atoms with Gasteiger partial charge in [-0.2, -0.15) is 5.26 Å². The minimum atomic E-state index is -0.416. The number of hydrogen-bond donors (Lipinski definition) is 1. The molecule has 1 aliphatic heterocycles. The van der Waals surface area contributed by atoms with Gasteiger partial charge < -0.3 is 5.11 Å². The van der Waals surface area contributed by atoms with E-state index in [0.717, 1.165) is 12.0 Å². The molecule has 1 aliphatic rings. The normalized spacial score (nSPS) is 22.1. The van der Waals surface area contributed by atoms with Crippen molar-refractivity contribution in [2.24, 2.45) is 5.92 Å². The highest BCUT2D eigenvalue weighted by atomic mass is 16.3. The molecular weight excluding hydrogens is 378 g/mol. The number of nitriles is 1. The first-order chi connectivity index (χ1) is 14.4. The predicted molar refractivity (Wildman–Crippen MR) is 112 cm³/mol. The van der Waals surface area contributed by atoms with Crippen LogP contribution < -0.4 is 0 Å². The third kappa shape index (κ3) is 5.18. The van der Waals surface area contributed by atoms with Crippen molar-refractivity contribution >= 4 is 11.7 Å². The van der Waals surface area contributed by atoms with E-state index in [1.165, 1.54) is 0 Å². The van der Waals surface area contributed by atoms with Gasteiger partial charge in [0.2, 0.25) is 0 Å². The molecule has 6 heteroatoms. The lowest BCUT2D eigenvalue weighted by atomic mass is 9.94. The first-order valence-electron chi connectivity index (χ1n) is 10.4.